The number of urea groups is 1. The van der Waals surface area contributed by atoms with Gasteiger partial charge >= 0.3 is 6.03 Å². The van der Waals surface area contributed by atoms with Gasteiger partial charge in [0, 0.05) is 39.3 Å². The molecule has 29 heavy (non-hydrogen) atoms. The molecule has 0 aliphatic carbocycles. The lowest BCUT2D eigenvalue weighted by atomic mass is 10.1. The Balaban J connectivity index is 1.26. The Labute approximate surface area is 172 Å². The fraction of sp³-hybridized carbons (Fsp3) is 0.435. The number of halogens is 1. The first kappa shape index (κ1) is 21.1. The number of carbonyl (C=O) groups is 1. The van der Waals surface area contributed by atoms with Gasteiger partial charge in [0.05, 0.1) is 6.61 Å². The van der Waals surface area contributed by atoms with E-state index in [1.54, 1.807) is 12.1 Å². The van der Waals surface area contributed by atoms with Crippen molar-refractivity contribution < 1.29 is 13.9 Å². The number of ether oxygens (including phenoxy) is 1. The van der Waals surface area contributed by atoms with Gasteiger partial charge in [-0.05, 0) is 49.6 Å². The average molecular weight is 400 g/mol. The molecule has 156 valence electrons. The van der Waals surface area contributed by atoms with Crippen LogP contribution in [0.15, 0.2) is 48.5 Å². The fourth-order valence-corrected chi connectivity index (χ4v) is 3.43. The highest BCUT2D eigenvalue weighted by atomic mass is 19.1. The maximum Gasteiger partial charge on any atom is 0.317 e. The molecule has 3 rings (SSSR count). The summed E-state index contributed by atoms with van der Waals surface area (Å²) in [5.74, 6) is 0.398. The fourth-order valence-electron chi connectivity index (χ4n) is 3.43. The summed E-state index contributed by atoms with van der Waals surface area (Å²) in [5, 5.41) is 2.99. The van der Waals surface area contributed by atoms with Gasteiger partial charge in [0.25, 0.3) is 0 Å². The van der Waals surface area contributed by atoms with Crippen LogP contribution in [-0.2, 0) is 6.54 Å². The predicted octanol–water partition coefficient (Wildman–Crippen LogP) is 3.82. The first-order valence-corrected chi connectivity index (χ1v) is 10.3. The maximum atomic E-state index is 12.8. The minimum atomic E-state index is -0.268. The average Bonchev–Trinajstić information content (AvgIpc) is 2.72. The minimum Gasteiger partial charge on any atom is -0.494 e. The van der Waals surface area contributed by atoms with Crippen LogP contribution in [0.25, 0.3) is 0 Å². The molecular weight excluding hydrogens is 369 g/mol. The number of nitrogens with one attached hydrogen (secondary N) is 1. The van der Waals surface area contributed by atoms with Crippen molar-refractivity contribution in [1.29, 1.82) is 0 Å². The molecule has 0 unspecified atom stereocenters. The van der Waals surface area contributed by atoms with Gasteiger partial charge in [-0.3, -0.25) is 4.90 Å². The second-order valence-electron chi connectivity index (χ2n) is 7.49. The second kappa shape index (κ2) is 10.8. The highest BCUT2D eigenvalue weighted by molar-refractivity contribution is 5.74. The molecule has 0 atom stereocenters. The number of hydrogen-bond donors (Lipinski definition) is 1. The van der Waals surface area contributed by atoms with Crippen molar-refractivity contribution in [3.05, 3.63) is 65.5 Å². The number of carbonyl (C=O) groups excluding carboxylic acids is 1. The third-order valence-electron chi connectivity index (χ3n) is 5.08. The number of nitrogens with zero attached hydrogens (tertiary/aromatic N) is 2. The van der Waals surface area contributed by atoms with Gasteiger partial charge in [-0.15, -0.1) is 0 Å². The van der Waals surface area contributed by atoms with Crippen LogP contribution in [0.5, 0.6) is 5.75 Å². The molecule has 5 nitrogen and oxygen atoms in total. The van der Waals surface area contributed by atoms with Crippen molar-refractivity contribution in [3.63, 3.8) is 0 Å². The second-order valence-corrected chi connectivity index (χ2v) is 7.49. The van der Waals surface area contributed by atoms with E-state index in [-0.39, 0.29) is 11.8 Å². The molecular formula is C23H30FN3O2. The Hall–Kier alpha value is -2.60. The van der Waals surface area contributed by atoms with Crippen LogP contribution < -0.4 is 10.1 Å². The first-order valence-electron chi connectivity index (χ1n) is 10.3. The number of hydrogen-bond acceptors (Lipinski definition) is 3. The molecule has 6 heteroatoms. The SMILES string of the molecule is Cc1cccc(CN2CCN(C(=O)NCCCCOc3ccc(F)cc3)CC2)c1. The van der Waals surface area contributed by atoms with Crippen molar-refractivity contribution in [1.82, 2.24) is 15.1 Å². The molecule has 1 aliphatic heterocycles. The Kier molecular flexibility index (Phi) is 7.87. The third kappa shape index (κ3) is 7.06. The summed E-state index contributed by atoms with van der Waals surface area (Å²) < 4.78 is 18.4. The summed E-state index contributed by atoms with van der Waals surface area (Å²) in [5.41, 5.74) is 2.61. The van der Waals surface area contributed by atoms with E-state index in [9.17, 15) is 9.18 Å². The lowest BCUT2D eigenvalue weighted by molar-refractivity contribution is 0.135. The Morgan fingerprint density at radius 3 is 2.55 bits per heavy atom. The number of aryl methyl sites for hydroxylation is 1. The first-order chi connectivity index (χ1) is 14.1. The van der Waals surface area contributed by atoms with Crippen LogP contribution >= 0.6 is 0 Å². The van der Waals surface area contributed by atoms with Crippen molar-refractivity contribution >= 4 is 6.03 Å². The number of rotatable bonds is 8. The normalized spacial score (nSPS) is 14.6. The van der Waals surface area contributed by atoms with Gasteiger partial charge < -0.3 is 15.0 Å². The van der Waals surface area contributed by atoms with Crippen LogP contribution in [0.3, 0.4) is 0 Å². The molecule has 2 amide bonds. The number of piperazine rings is 1. The quantitative estimate of drug-likeness (QED) is 0.687. The Bertz CT molecular complexity index is 774. The molecule has 0 aromatic heterocycles. The lowest BCUT2D eigenvalue weighted by Crippen LogP contribution is -2.51. The van der Waals surface area contributed by atoms with E-state index in [4.69, 9.17) is 4.74 Å². The standard InChI is InChI=1S/C23H30FN3O2/c1-19-5-4-6-20(17-19)18-26-12-14-27(15-13-26)23(28)25-11-2-3-16-29-22-9-7-21(24)8-10-22/h4-10,17H,2-3,11-16,18H2,1H3,(H,25,28). The van der Waals surface area contributed by atoms with E-state index >= 15 is 0 Å². The summed E-state index contributed by atoms with van der Waals surface area (Å²) in [7, 11) is 0. The van der Waals surface area contributed by atoms with E-state index in [0.29, 0.717) is 18.9 Å². The molecule has 1 N–H and O–H groups in total. The van der Waals surface area contributed by atoms with Gasteiger partial charge in [0.2, 0.25) is 0 Å². The Morgan fingerprint density at radius 2 is 1.83 bits per heavy atom. The van der Waals surface area contributed by atoms with Crippen molar-refractivity contribution in [2.45, 2.75) is 26.3 Å². The molecule has 1 heterocycles. The van der Waals surface area contributed by atoms with Gasteiger partial charge in [0.1, 0.15) is 11.6 Å². The largest absolute Gasteiger partial charge is 0.494 e. The van der Waals surface area contributed by atoms with E-state index in [2.05, 4.69) is 41.4 Å². The number of benzene rings is 2. The Morgan fingerprint density at radius 1 is 1.07 bits per heavy atom. The summed E-state index contributed by atoms with van der Waals surface area (Å²) in [6.07, 6.45) is 1.68. The van der Waals surface area contributed by atoms with Crippen LogP contribution in [0.4, 0.5) is 9.18 Å². The van der Waals surface area contributed by atoms with Crippen LogP contribution in [0.2, 0.25) is 0 Å². The van der Waals surface area contributed by atoms with Gasteiger partial charge in [-0.2, -0.15) is 0 Å². The van der Waals surface area contributed by atoms with Crippen molar-refractivity contribution in [2.75, 3.05) is 39.3 Å². The van der Waals surface area contributed by atoms with Gasteiger partial charge in [0.15, 0.2) is 0 Å². The van der Waals surface area contributed by atoms with E-state index in [0.717, 1.165) is 45.6 Å². The molecule has 1 saturated heterocycles. The molecule has 2 aromatic rings. The molecule has 0 bridgehead atoms. The summed E-state index contributed by atoms with van der Waals surface area (Å²) in [4.78, 5) is 16.6. The molecule has 1 fully saturated rings. The zero-order valence-corrected chi connectivity index (χ0v) is 17.1. The highest BCUT2D eigenvalue weighted by Gasteiger charge is 2.20. The third-order valence-corrected chi connectivity index (χ3v) is 5.08. The van der Waals surface area contributed by atoms with Crippen molar-refractivity contribution in [3.8, 4) is 5.75 Å². The van der Waals surface area contributed by atoms with E-state index in [1.165, 1.54) is 23.3 Å². The van der Waals surface area contributed by atoms with Crippen molar-refractivity contribution in [2.24, 2.45) is 0 Å². The monoisotopic (exact) mass is 399 g/mol. The van der Waals surface area contributed by atoms with Crippen LogP contribution in [-0.4, -0.2) is 55.2 Å². The van der Waals surface area contributed by atoms with Gasteiger partial charge in [-0.25, -0.2) is 9.18 Å². The van der Waals surface area contributed by atoms with Gasteiger partial charge in [-0.1, -0.05) is 29.8 Å². The minimum absolute atomic E-state index is 0.0136. The highest BCUT2D eigenvalue weighted by Crippen LogP contribution is 2.12. The van der Waals surface area contributed by atoms with E-state index in [1.807, 2.05) is 4.90 Å². The predicted molar refractivity (Wildman–Crippen MR) is 113 cm³/mol. The molecule has 1 aliphatic rings. The zero-order valence-electron chi connectivity index (χ0n) is 17.1. The number of unbranched alkanes of at least 4 members (excludes halogenated alkanes) is 1. The lowest BCUT2D eigenvalue weighted by Gasteiger charge is -2.34. The summed E-state index contributed by atoms with van der Waals surface area (Å²) >= 11 is 0. The topological polar surface area (TPSA) is 44.8 Å². The molecule has 0 saturated carbocycles. The number of amides is 2. The van der Waals surface area contributed by atoms with Crippen LogP contribution in [0.1, 0.15) is 24.0 Å². The maximum absolute atomic E-state index is 12.8. The molecule has 0 spiro atoms. The summed E-state index contributed by atoms with van der Waals surface area (Å²) in [6.45, 7) is 7.54. The van der Waals surface area contributed by atoms with Crippen LogP contribution in [0, 0.1) is 12.7 Å². The zero-order chi connectivity index (χ0) is 20.5. The molecule has 0 radical (unpaired) electrons. The molecule has 2 aromatic carbocycles. The smallest absolute Gasteiger partial charge is 0.317 e. The summed E-state index contributed by atoms with van der Waals surface area (Å²) in [6, 6.07) is 14.6. The van der Waals surface area contributed by atoms with E-state index < -0.39 is 0 Å².